The van der Waals surface area contributed by atoms with Crippen molar-refractivity contribution in [2.75, 3.05) is 6.54 Å². The summed E-state index contributed by atoms with van der Waals surface area (Å²) in [5.74, 6) is -0.599. The molecule has 4 aliphatic rings. The van der Waals surface area contributed by atoms with Crippen molar-refractivity contribution in [3.05, 3.63) is 23.8 Å². The molecule has 4 rings (SSSR count). The van der Waals surface area contributed by atoms with Crippen molar-refractivity contribution in [2.45, 2.75) is 153 Å². The number of aliphatic hydroxyl groups excluding tert-OH is 2. The average molecular weight is 586 g/mol. The zero-order valence-corrected chi connectivity index (χ0v) is 26.3. The quantitative estimate of drug-likeness (QED) is 0.105. The average Bonchev–Trinajstić information content (AvgIpc) is 3.66. The summed E-state index contributed by atoms with van der Waals surface area (Å²) in [7, 11) is 0. The van der Waals surface area contributed by atoms with Crippen LogP contribution >= 0.6 is 0 Å². The highest BCUT2D eigenvalue weighted by atomic mass is 16.4. The number of carboxylic acids is 1. The Morgan fingerprint density at radius 1 is 1.02 bits per heavy atom. The van der Waals surface area contributed by atoms with Crippen molar-refractivity contribution in [1.29, 1.82) is 0 Å². The van der Waals surface area contributed by atoms with E-state index >= 15 is 0 Å². The number of aliphatic carboxylic acids is 1. The van der Waals surface area contributed by atoms with E-state index in [9.17, 15) is 25.2 Å². The van der Waals surface area contributed by atoms with Gasteiger partial charge >= 0.3 is 5.97 Å². The van der Waals surface area contributed by atoms with Gasteiger partial charge in [0.25, 0.3) is 0 Å². The molecule has 2 fully saturated rings. The van der Waals surface area contributed by atoms with E-state index in [1.165, 1.54) is 63.4 Å². The van der Waals surface area contributed by atoms with E-state index in [0.29, 0.717) is 31.1 Å². The van der Waals surface area contributed by atoms with Crippen molar-refractivity contribution < 1.29 is 25.2 Å². The zero-order chi connectivity index (χ0) is 30.0. The maximum atomic E-state index is 12.1. The fourth-order valence-electron chi connectivity index (χ4n) is 8.78. The highest BCUT2D eigenvalue weighted by molar-refractivity contribution is 5.83. The van der Waals surface area contributed by atoms with Crippen LogP contribution in [0.25, 0.3) is 0 Å². The van der Waals surface area contributed by atoms with Gasteiger partial charge in [-0.25, -0.2) is 0 Å². The lowest BCUT2D eigenvalue weighted by molar-refractivity contribution is -0.146. The van der Waals surface area contributed by atoms with Crippen molar-refractivity contribution in [3.63, 3.8) is 0 Å². The van der Waals surface area contributed by atoms with Crippen molar-refractivity contribution in [3.8, 4) is 0 Å². The lowest BCUT2D eigenvalue weighted by Crippen LogP contribution is -2.37. The smallest absolute Gasteiger partial charge is 0.309 e. The van der Waals surface area contributed by atoms with Gasteiger partial charge in [0.2, 0.25) is 0 Å². The van der Waals surface area contributed by atoms with Gasteiger partial charge < -0.3 is 20.4 Å². The van der Waals surface area contributed by atoms with E-state index in [0.717, 1.165) is 57.9 Å². The number of carboxylic acid groups (broad SMARTS) is 1. The number of hydrogen-bond acceptors (Lipinski definition) is 5. The number of allylic oxidation sites excluding steroid dienone is 2. The molecule has 0 aromatic carbocycles. The molecule has 0 radical (unpaired) electrons. The van der Waals surface area contributed by atoms with Gasteiger partial charge in [0.05, 0.1) is 30.3 Å². The second-order valence-corrected chi connectivity index (χ2v) is 14.3. The Labute approximate surface area is 254 Å². The summed E-state index contributed by atoms with van der Waals surface area (Å²) in [6, 6.07) is 0. The SMILES string of the molecule is CCCCCC1C=CC(CCCCCC(C(=O)O)C(O)CCC2(O)CCC(C3(C4=CCN=C4)CCCCC3)C2)C(O)C1. The highest BCUT2D eigenvalue weighted by Crippen LogP contribution is 2.56. The number of aliphatic hydroxyl groups is 3. The Balaban J connectivity index is 1.18. The van der Waals surface area contributed by atoms with Gasteiger partial charge in [0, 0.05) is 12.1 Å². The fourth-order valence-corrected chi connectivity index (χ4v) is 8.78. The molecule has 6 heteroatoms. The van der Waals surface area contributed by atoms with Gasteiger partial charge in [-0.2, -0.15) is 0 Å². The molecule has 0 aromatic heterocycles. The number of aliphatic imine (C=N–C) groups is 1. The van der Waals surface area contributed by atoms with Crippen LogP contribution < -0.4 is 0 Å². The summed E-state index contributed by atoms with van der Waals surface area (Å²) in [5.41, 5.74) is 0.687. The van der Waals surface area contributed by atoms with E-state index in [4.69, 9.17) is 0 Å². The highest BCUT2D eigenvalue weighted by Gasteiger charge is 2.49. The summed E-state index contributed by atoms with van der Waals surface area (Å²) in [5, 5.41) is 43.0. The number of unbranched alkanes of at least 4 members (excludes halogenated alkanes) is 4. The minimum atomic E-state index is -0.938. The van der Waals surface area contributed by atoms with Crippen LogP contribution in [-0.4, -0.2) is 57.0 Å². The summed E-state index contributed by atoms with van der Waals surface area (Å²) >= 11 is 0. The molecule has 42 heavy (non-hydrogen) atoms. The van der Waals surface area contributed by atoms with Crippen LogP contribution in [0.2, 0.25) is 0 Å². The minimum Gasteiger partial charge on any atom is -0.481 e. The first-order chi connectivity index (χ1) is 20.3. The molecular formula is C36H59NO5. The lowest BCUT2D eigenvalue weighted by Gasteiger charge is -2.43. The first-order valence-corrected chi connectivity index (χ1v) is 17.5. The summed E-state index contributed by atoms with van der Waals surface area (Å²) in [6.45, 7) is 2.99. The van der Waals surface area contributed by atoms with Gasteiger partial charge in [0.15, 0.2) is 0 Å². The van der Waals surface area contributed by atoms with Gasteiger partial charge in [0.1, 0.15) is 0 Å². The van der Waals surface area contributed by atoms with Gasteiger partial charge in [-0.1, -0.05) is 82.9 Å². The monoisotopic (exact) mass is 585 g/mol. The standard InChI is InChI=1S/C36H59NO5/c1-2-3-6-11-27-14-15-28(33(39)24-27)12-7-4-8-13-31(34(40)41)32(38)17-22-35(42)21-16-29(25-35)36(19-9-5-10-20-36)30-18-23-37-26-30/h14-15,18,26-29,31-33,38-39,42H,2-13,16-17,19-25H2,1H3,(H,40,41). The van der Waals surface area contributed by atoms with Gasteiger partial charge in [-0.05, 0) is 93.5 Å². The molecular weight excluding hydrogens is 526 g/mol. The number of carbonyl (C=O) groups is 1. The molecule has 7 atom stereocenters. The Morgan fingerprint density at radius 3 is 2.50 bits per heavy atom. The second kappa shape index (κ2) is 16.0. The molecule has 0 spiro atoms. The van der Waals surface area contributed by atoms with Crippen LogP contribution in [0, 0.1) is 29.1 Å². The fraction of sp³-hybridized carbons (Fsp3) is 0.833. The molecule has 0 bridgehead atoms. The number of rotatable bonds is 17. The first kappa shape index (κ1) is 33.4. The number of hydrogen-bond donors (Lipinski definition) is 4. The lowest BCUT2D eigenvalue weighted by atomic mass is 9.61. The maximum Gasteiger partial charge on any atom is 0.309 e. The largest absolute Gasteiger partial charge is 0.481 e. The predicted octanol–water partition coefficient (Wildman–Crippen LogP) is 7.40. The molecule has 0 saturated heterocycles. The molecule has 0 amide bonds. The normalized spacial score (nSPS) is 32.1. The zero-order valence-electron chi connectivity index (χ0n) is 26.3. The van der Waals surface area contributed by atoms with Crippen LogP contribution in [0.4, 0.5) is 0 Å². The Morgan fingerprint density at radius 2 is 1.81 bits per heavy atom. The topological polar surface area (TPSA) is 110 Å². The molecule has 0 aromatic rings. The molecule has 1 heterocycles. The molecule has 238 valence electrons. The molecule has 3 aliphatic carbocycles. The van der Waals surface area contributed by atoms with Crippen LogP contribution in [0.15, 0.2) is 28.8 Å². The molecule has 2 saturated carbocycles. The first-order valence-electron chi connectivity index (χ1n) is 17.5. The van der Waals surface area contributed by atoms with E-state index in [1.807, 2.05) is 0 Å². The Bertz CT molecular complexity index is 937. The van der Waals surface area contributed by atoms with Crippen molar-refractivity contribution >= 4 is 12.2 Å². The van der Waals surface area contributed by atoms with E-state index in [-0.39, 0.29) is 17.4 Å². The summed E-state index contributed by atoms with van der Waals surface area (Å²) < 4.78 is 0. The van der Waals surface area contributed by atoms with Gasteiger partial charge in [-0.3, -0.25) is 9.79 Å². The second-order valence-electron chi connectivity index (χ2n) is 14.3. The molecule has 4 N–H and O–H groups in total. The van der Waals surface area contributed by atoms with Crippen molar-refractivity contribution in [1.82, 2.24) is 0 Å². The predicted molar refractivity (Wildman–Crippen MR) is 170 cm³/mol. The third kappa shape index (κ3) is 8.79. The molecule has 6 nitrogen and oxygen atoms in total. The Hall–Kier alpha value is -1.50. The van der Waals surface area contributed by atoms with E-state index < -0.39 is 23.6 Å². The summed E-state index contributed by atoms with van der Waals surface area (Å²) in [6.07, 6.45) is 26.7. The van der Waals surface area contributed by atoms with Crippen LogP contribution in [0.1, 0.15) is 135 Å². The molecule has 7 unspecified atom stereocenters. The van der Waals surface area contributed by atoms with Crippen molar-refractivity contribution in [2.24, 2.45) is 34.1 Å². The molecule has 1 aliphatic heterocycles. The third-order valence-corrected chi connectivity index (χ3v) is 11.4. The Kier molecular flexibility index (Phi) is 12.7. The van der Waals surface area contributed by atoms with E-state index in [2.05, 4.69) is 36.4 Å². The third-order valence-electron chi connectivity index (χ3n) is 11.4. The maximum absolute atomic E-state index is 12.1. The van der Waals surface area contributed by atoms with E-state index in [1.54, 1.807) is 0 Å². The van der Waals surface area contributed by atoms with Crippen LogP contribution in [0.5, 0.6) is 0 Å². The van der Waals surface area contributed by atoms with Crippen LogP contribution in [-0.2, 0) is 4.79 Å². The van der Waals surface area contributed by atoms with Gasteiger partial charge in [-0.15, -0.1) is 0 Å². The summed E-state index contributed by atoms with van der Waals surface area (Å²) in [4.78, 5) is 16.5. The minimum absolute atomic E-state index is 0.130. The number of nitrogens with zero attached hydrogens (tertiary/aromatic N) is 1. The van der Waals surface area contributed by atoms with Crippen LogP contribution in [0.3, 0.4) is 0 Å².